The Morgan fingerprint density at radius 2 is 1.85 bits per heavy atom. The molecule has 0 atom stereocenters. The van der Waals surface area contributed by atoms with Gasteiger partial charge in [0.1, 0.15) is 11.5 Å². The Balaban J connectivity index is 0.00000200. The molecule has 2 rings (SSSR count). The molecule has 4 nitrogen and oxygen atoms in total. The molecule has 1 aromatic heterocycles. The number of hydrogen-bond acceptors (Lipinski definition) is 3. The Labute approximate surface area is 125 Å². The van der Waals surface area contributed by atoms with Gasteiger partial charge in [-0.1, -0.05) is 12.1 Å². The summed E-state index contributed by atoms with van der Waals surface area (Å²) in [6, 6.07) is 11.1. The normalized spacial score (nSPS) is 9.95. The van der Waals surface area contributed by atoms with E-state index in [1.165, 1.54) is 0 Å². The van der Waals surface area contributed by atoms with E-state index in [0.717, 1.165) is 17.1 Å². The van der Waals surface area contributed by atoms with Gasteiger partial charge in [-0.25, -0.2) is 0 Å². The number of rotatable bonds is 4. The highest BCUT2D eigenvalue weighted by atomic mass is 35.5. The van der Waals surface area contributed by atoms with Crippen molar-refractivity contribution in [3.63, 3.8) is 0 Å². The summed E-state index contributed by atoms with van der Waals surface area (Å²) in [6.45, 7) is 2.83. The van der Waals surface area contributed by atoms with Crippen LogP contribution in [0.25, 0.3) is 0 Å². The quantitative estimate of drug-likeness (QED) is 0.943. The molecule has 5 heteroatoms. The van der Waals surface area contributed by atoms with E-state index in [-0.39, 0.29) is 18.3 Å². The lowest BCUT2D eigenvalue weighted by molar-refractivity contribution is 0.0775. The molecule has 0 aliphatic carbocycles. The van der Waals surface area contributed by atoms with Crippen LogP contribution in [0.15, 0.2) is 40.8 Å². The first-order valence-electron chi connectivity index (χ1n) is 6.20. The van der Waals surface area contributed by atoms with Crippen LogP contribution in [-0.2, 0) is 13.1 Å². The molecule has 0 fully saturated rings. The zero-order valence-electron chi connectivity index (χ0n) is 11.6. The predicted molar refractivity (Wildman–Crippen MR) is 80.8 cm³/mol. The van der Waals surface area contributed by atoms with Crippen LogP contribution in [0, 0.1) is 6.92 Å². The highest BCUT2D eigenvalue weighted by molar-refractivity contribution is 5.94. The van der Waals surface area contributed by atoms with Crippen LogP contribution in [0.2, 0.25) is 0 Å². The lowest BCUT2D eigenvalue weighted by Gasteiger charge is -2.16. The first-order valence-corrected chi connectivity index (χ1v) is 6.20. The van der Waals surface area contributed by atoms with Crippen LogP contribution >= 0.6 is 12.4 Å². The van der Waals surface area contributed by atoms with Crippen LogP contribution in [0.1, 0.15) is 27.4 Å². The lowest BCUT2D eigenvalue weighted by Crippen LogP contribution is -2.26. The van der Waals surface area contributed by atoms with E-state index in [0.29, 0.717) is 18.7 Å². The number of nitrogens with zero attached hydrogens (tertiary/aromatic N) is 1. The van der Waals surface area contributed by atoms with Crippen molar-refractivity contribution in [3.8, 4) is 0 Å². The maximum Gasteiger partial charge on any atom is 0.254 e. The predicted octanol–water partition coefficient (Wildman–Crippen LogP) is 2.74. The lowest BCUT2D eigenvalue weighted by atomic mass is 10.1. The maximum atomic E-state index is 12.2. The van der Waals surface area contributed by atoms with Gasteiger partial charge in [-0.2, -0.15) is 0 Å². The summed E-state index contributed by atoms with van der Waals surface area (Å²) in [4.78, 5) is 13.8. The Bertz CT molecular complexity index is 564. The van der Waals surface area contributed by atoms with Gasteiger partial charge < -0.3 is 15.1 Å². The molecule has 2 aromatic rings. The van der Waals surface area contributed by atoms with Crippen molar-refractivity contribution in [1.82, 2.24) is 4.90 Å². The molecule has 0 unspecified atom stereocenters. The summed E-state index contributed by atoms with van der Waals surface area (Å²) in [7, 11) is 1.76. The van der Waals surface area contributed by atoms with Crippen LogP contribution in [0.3, 0.4) is 0 Å². The standard InChI is InChI=1S/C15H18N2O2.ClH/c1-11-3-8-14(19-11)10-17(2)15(18)13-6-4-12(9-16)5-7-13;/h3-8H,9-10,16H2,1-2H3;1H. The van der Waals surface area contributed by atoms with Crippen molar-refractivity contribution in [2.45, 2.75) is 20.0 Å². The van der Waals surface area contributed by atoms with Gasteiger partial charge in [0.2, 0.25) is 0 Å². The third kappa shape index (κ3) is 3.85. The number of hydrogen-bond donors (Lipinski definition) is 1. The SMILES string of the molecule is Cc1ccc(CN(C)C(=O)c2ccc(CN)cc2)o1.Cl. The number of carbonyl (C=O) groups excluding carboxylic acids is 1. The zero-order chi connectivity index (χ0) is 13.8. The molecule has 1 heterocycles. The second kappa shape index (κ2) is 7.12. The maximum absolute atomic E-state index is 12.2. The second-order valence-electron chi connectivity index (χ2n) is 4.57. The van der Waals surface area contributed by atoms with Crippen molar-refractivity contribution in [1.29, 1.82) is 0 Å². The van der Waals surface area contributed by atoms with Crippen molar-refractivity contribution in [3.05, 3.63) is 59.0 Å². The number of carbonyl (C=O) groups is 1. The number of amides is 1. The minimum atomic E-state index is -0.0300. The Morgan fingerprint density at radius 3 is 2.35 bits per heavy atom. The summed E-state index contributed by atoms with van der Waals surface area (Å²) in [5.74, 6) is 1.60. The third-order valence-corrected chi connectivity index (χ3v) is 2.97. The summed E-state index contributed by atoms with van der Waals surface area (Å²) in [6.07, 6.45) is 0. The third-order valence-electron chi connectivity index (χ3n) is 2.97. The van der Waals surface area contributed by atoms with Gasteiger partial charge >= 0.3 is 0 Å². The van der Waals surface area contributed by atoms with Crippen molar-refractivity contribution in [2.75, 3.05) is 7.05 Å². The molecule has 0 saturated heterocycles. The first-order chi connectivity index (χ1) is 9.10. The van der Waals surface area contributed by atoms with Crippen LogP contribution < -0.4 is 5.73 Å². The van der Waals surface area contributed by atoms with E-state index in [9.17, 15) is 4.79 Å². The summed E-state index contributed by atoms with van der Waals surface area (Å²) in [5, 5.41) is 0. The fraction of sp³-hybridized carbons (Fsp3) is 0.267. The second-order valence-corrected chi connectivity index (χ2v) is 4.57. The summed E-state index contributed by atoms with van der Waals surface area (Å²) in [5.41, 5.74) is 7.20. The van der Waals surface area contributed by atoms with Gasteiger partial charge in [0.15, 0.2) is 0 Å². The molecule has 0 aliphatic rings. The molecule has 0 aliphatic heterocycles. The average molecular weight is 295 g/mol. The van der Waals surface area contributed by atoms with Crippen molar-refractivity contribution < 1.29 is 9.21 Å². The smallest absolute Gasteiger partial charge is 0.254 e. The molecule has 2 N–H and O–H groups in total. The number of halogens is 1. The van der Waals surface area contributed by atoms with Gasteiger partial charge in [0.25, 0.3) is 5.91 Å². The molecule has 0 spiro atoms. The molecular formula is C15H19ClN2O2. The van der Waals surface area contributed by atoms with Crippen LogP contribution in [-0.4, -0.2) is 17.9 Å². The van der Waals surface area contributed by atoms with E-state index >= 15 is 0 Å². The number of benzene rings is 1. The Hall–Kier alpha value is -1.78. The molecule has 108 valence electrons. The number of furan rings is 1. The topological polar surface area (TPSA) is 59.5 Å². The largest absolute Gasteiger partial charge is 0.464 e. The monoisotopic (exact) mass is 294 g/mol. The molecule has 0 saturated carbocycles. The number of aryl methyl sites for hydroxylation is 1. The summed E-state index contributed by atoms with van der Waals surface area (Å²) < 4.78 is 5.47. The average Bonchev–Trinajstić information content (AvgIpc) is 2.83. The van der Waals surface area contributed by atoms with Gasteiger partial charge in [-0.05, 0) is 36.8 Å². The fourth-order valence-electron chi connectivity index (χ4n) is 1.88. The van der Waals surface area contributed by atoms with E-state index in [4.69, 9.17) is 10.2 Å². The Morgan fingerprint density at radius 1 is 1.20 bits per heavy atom. The van der Waals surface area contributed by atoms with Gasteiger partial charge in [0.05, 0.1) is 6.54 Å². The van der Waals surface area contributed by atoms with Crippen molar-refractivity contribution in [2.24, 2.45) is 5.73 Å². The fourth-order valence-corrected chi connectivity index (χ4v) is 1.88. The van der Waals surface area contributed by atoms with Crippen molar-refractivity contribution >= 4 is 18.3 Å². The molecule has 1 amide bonds. The van der Waals surface area contributed by atoms with Gasteiger partial charge in [0, 0.05) is 19.2 Å². The van der Waals surface area contributed by atoms with Crippen LogP contribution in [0.5, 0.6) is 0 Å². The summed E-state index contributed by atoms with van der Waals surface area (Å²) >= 11 is 0. The number of nitrogens with two attached hydrogens (primary N) is 1. The minimum absolute atomic E-state index is 0. The van der Waals surface area contributed by atoms with Gasteiger partial charge in [-0.3, -0.25) is 4.79 Å². The molecule has 0 radical (unpaired) electrons. The molecule has 20 heavy (non-hydrogen) atoms. The Kier molecular flexibility index (Phi) is 5.80. The van der Waals surface area contributed by atoms with E-state index < -0.39 is 0 Å². The highest BCUT2D eigenvalue weighted by Gasteiger charge is 2.13. The minimum Gasteiger partial charge on any atom is -0.464 e. The van der Waals surface area contributed by atoms with E-state index in [2.05, 4.69) is 0 Å². The molecule has 0 bridgehead atoms. The van der Waals surface area contributed by atoms with E-state index in [1.54, 1.807) is 24.1 Å². The first kappa shape index (κ1) is 16.3. The zero-order valence-corrected chi connectivity index (χ0v) is 12.4. The molecule has 1 aromatic carbocycles. The highest BCUT2D eigenvalue weighted by Crippen LogP contribution is 2.12. The van der Waals surface area contributed by atoms with Gasteiger partial charge in [-0.15, -0.1) is 12.4 Å². The molecular weight excluding hydrogens is 276 g/mol. The van der Waals surface area contributed by atoms with Crippen LogP contribution in [0.4, 0.5) is 0 Å². The van der Waals surface area contributed by atoms with E-state index in [1.807, 2.05) is 31.2 Å².